The van der Waals surface area contributed by atoms with Gasteiger partial charge in [-0.1, -0.05) is 0 Å². The number of halogens is 1. The molecule has 0 radical (unpaired) electrons. The molecule has 0 bridgehead atoms. The van der Waals surface area contributed by atoms with E-state index in [0.717, 1.165) is 12.6 Å². The van der Waals surface area contributed by atoms with Gasteiger partial charge in [0.1, 0.15) is 11.6 Å². The Labute approximate surface area is 114 Å². The van der Waals surface area contributed by atoms with Crippen LogP contribution in [-0.2, 0) is 17.9 Å². The lowest BCUT2D eigenvalue weighted by Gasteiger charge is -2.16. The van der Waals surface area contributed by atoms with Crippen LogP contribution in [-0.4, -0.2) is 21.2 Å². The molecular weight excluding hydrogens is 261 g/mol. The second-order valence-electron chi connectivity index (χ2n) is 4.51. The molecule has 0 saturated carbocycles. The topological polar surface area (TPSA) is 55.2 Å². The highest BCUT2D eigenvalue weighted by Crippen LogP contribution is 2.30. The molecule has 0 saturated heterocycles. The van der Waals surface area contributed by atoms with Gasteiger partial charge in [0, 0.05) is 18.9 Å². The first-order valence-corrected chi connectivity index (χ1v) is 6.27. The summed E-state index contributed by atoms with van der Waals surface area (Å²) in [5.41, 5.74) is 0.552. The highest BCUT2D eigenvalue weighted by Gasteiger charge is 2.36. The summed E-state index contributed by atoms with van der Waals surface area (Å²) in [5, 5.41) is 0. The number of hydrogen-bond acceptors (Lipinski definition) is 3. The number of rotatable bonds is 3. The summed E-state index contributed by atoms with van der Waals surface area (Å²) in [7, 11) is 0. The molecular formula is C14H12FN3O2. The van der Waals surface area contributed by atoms with E-state index in [1.807, 2.05) is 17.7 Å². The number of ketones is 1. The molecule has 1 aromatic heterocycles. The van der Waals surface area contributed by atoms with Crippen molar-refractivity contribution in [1.82, 2.24) is 9.55 Å². The zero-order chi connectivity index (χ0) is 14.3. The second-order valence-corrected chi connectivity index (χ2v) is 4.51. The number of imidazole rings is 1. The maximum absolute atomic E-state index is 13.2. The molecule has 0 fully saturated rings. The van der Waals surface area contributed by atoms with Crippen LogP contribution in [0.25, 0.3) is 0 Å². The van der Waals surface area contributed by atoms with Crippen molar-refractivity contribution in [2.45, 2.75) is 20.0 Å². The van der Waals surface area contributed by atoms with Gasteiger partial charge in [0.2, 0.25) is 0 Å². The zero-order valence-corrected chi connectivity index (χ0v) is 10.8. The van der Waals surface area contributed by atoms with Crippen molar-refractivity contribution in [3.63, 3.8) is 0 Å². The zero-order valence-electron chi connectivity index (χ0n) is 10.8. The summed E-state index contributed by atoms with van der Waals surface area (Å²) in [5.74, 6) is -1.15. The predicted octanol–water partition coefficient (Wildman–Crippen LogP) is 1.77. The monoisotopic (exact) mass is 273 g/mol. The van der Waals surface area contributed by atoms with E-state index in [2.05, 4.69) is 4.98 Å². The number of fused-ring (bicyclic) bond motifs is 1. The van der Waals surface area contributed by atoms with Gasteiger partial charge in [-0.2, -0.15) is 0 Å². The van der Waals surface area contributed by atoms with Gasteiger partial charge in [0.25, 0.3) is 11.7 Å². The van der Waals surface area contributed by atoms with Crippen LogP contribution in [0, 0.1) is 5.82 Å². The van der Waals surface area contributed by atoms with Crippen LogP contribution in [0.4, 0.5) is 10.1 Å². The average Bonchev–Trinajstić information content (AvgIpc) is 2.98. The molecule has 1 aliphatic rings. The van der Waals surface area contributed by atoms with Gasteiger partial charge >= 0.3 is 0 Å². The third-order valence-electron chi connectivity index (χ3n) is 3.38. The van der Waals surface area contributed by atoms with Gasteiger partial charge in [-0.25, -0.2) is 9.37 Å². The highest BCUT2D eigenvalue weighted by molar-refractivity contribution is 6.52. The second kappa shape index (κ2) is 4.56. The number of Topliss-reactive ketones (excluding diaryl/α,β-unsaturated/α-hetero) is 1. The summed E-state index contributed by atoms with van der Waals surface area (Å²) in [4.78, 5) is 29.4. The van der Waals surface area contributed by atoms with E-state index in [4.69, 9.17) is 0 Å². The van der Waals surface area contributed by atoms with Crippen LogP contribution >= 0.6 is 0 Å². The van der Waals surface area contributed by atoms with Gasteiger partial charge in [-0.05, 0) is 25.1 Å². The molecule has 5 nitrogen and oxygen atoms in total. The third kappa shape index (κ3) is 1.80. The molecule has 1 aliphatic heterocycles. The smallest absolute Gasteiger partial charge is 0.299 e. The fourth-order valence-corrected chi connectivity index (χ4v) is 2.35. The van der Waals surface area contributed by atoms with E-state index in [1.54, 1.807) is 6.20 Å². The normalized spacial score (nSPS) is 14.0. The summed E-state index contributed by atoms with van der Waals surface area (Å²) in [6.45, 7) is 2.89. The van der Waals surface area contributed by atoms with Crippen molar-refractivity contribution >= 4 is 17.4 Å². The molecule has 0 spiro atoms. The minimum atomic E-state index is -0.672. The lowest BCUT2D eigenvalue weighted by molar-refractivity contribution is -0.114. The van der Waals surface area contributed by atoms with Crippen LogP contribution in [0.1, 0.15) is 23.1 Å². The van der Waals surface area contributed by atoms with Crippen molar-refractivity contribution in [2.24, 2.45) is 0 Å². The standard InChI is InChI=1S/C14H12FN3O2/c1-2-17-6-5-16-12(17)8-18-11-4-3-9(15)7-10(11)13(19)14(18)20/h3-7H,2,8H2,1H3. The van der Waals surface area contributed by atoms with Crippen molar-refractivity contribution in [3.8, 4) is 0 Å². The Morgan fingerprint density at radius 2 is 2.10 bits per heavy atom. The molecule has 1 aromatic carbocycles. The maximum Gasteiger partial charge on any atom is 0.299 e. The number of aryl methyl sites for hydroxylation is 1. The lowest BCUT2D eigenvalue weighted by Crippen LogP contribution is -2.30. The molecule has 0 atom stereocenters. The van der Waals surface area contributed by atoms with Gasteiger partial charge < -0.3 is 4.57 Å². The SMILES string of the molecule is CCn1ccnc1CN1C(=O)C(=O)c2cc(F)ccc21. The lowest BCUT2D eigenvalue weighted by atomic mass is 10.1. The Morgan fingerprint density at radius 1 is 1.30 bits per heavy atom. The summed E-state index contributed by atoms with van der Waals surface area (Å²) < 4.78 is 15.1. The number of carbonyl (C=O) groups excluding carboxylic acids is 2. The fraction of sp³-hybridized carbons (Fsp3) is 0.214. The molecule has 2 aromatic rings. The average molecular weight is 273 g/mol. The van der Waals surface area contributed by atoms with Crippen molar-refractivity contribution in [3.05, 3.63) is 47.8 Å². The number of nitrogens with zero attached hydrogens (tertiary/aromatic N) is 3. The van der Waals surface area contributed by atoms with E-state index in [0.29, 0.717) is 11.5 Å². The van der Waals surface area contributed by atoms with Gasteiger partial charge in [-0.15, -0.1) is 0 Å². The van der Waals surface area contributed by atoms with Crippen LogP contribution in [0.5, 0.6) is 0 Å². The summed E-state index contributed by atoms with van der Waals surface area (Å²) in [6.07, 6.45) is 3.45. The van der Waals surface area contributed by atoms with Crippen LogP contribution in [0.15, 0.2) is 30.6 Å². The molecule has 6 heteroatoms. The molecule has 102 valence electrons. The number of carbonyl (C=O) groups is 2. The van der Waals surface area contributed by atoms with Crippen molar-refractivity contribution in [1.29, 1.82) is 0 Å². The van der Waals surface area contributed by atoms with E-state index < -0.39 is 17.5 Å². The van der Waals surface area contributed by atoms with Crippen LogP contribution < -0.4 is 4.90 Å². The molecule has 1 amide bonds. The Morgan fingerprint density at radius 3 is 2.85 bits per heavy atom. The maximum atomic E-state index is 13.2. The molecule has 0 unspecified atom stereocenters. The van der Waals surface area contributed by atoms with Gasteiger partial charge in [0.15, 0.2) is 0 Å². The number of aromatic nitrogens is 2. The fourth-order valence-electron chi connectivity index (χ4n) is 2.35. The van der Waals surface area contributed by atoms with Crippen molar-refractivity contribution in [2.75, 3.05) is 4.90 Å². The van der Waals surface area contributed by atoms with E-state index in [1.165, 1.54) is 17.0 Å². The number of hydrogen-bond donors (Lipinski definition) is 0. The molecule has 3 rings (SSSR count). The van der Waals surface area contributed by atoms with E-state index in [9.17, 15) is 14.0 Å². The Balaban J connectivity index is 1.99. The molecule has 20 heavy (non-hydrogen) atoms. The molecule has 0 aliphatic carbocycles. The molecule has 0 N–H and O–H groups in total. The van der Waals surface area contributed by atoms with E-state index >= 15 is 0 Å². The van der Waals surface area contributed by atoms with Gasteiger partial charge in [0.05, 0.1) is 17.8 Å². The van der Waals surface area contributed by atoms with Crippen molar-refractivity contribution < 1.29 is 14.0 Å². The summed E-state index contributed by atoms with van der Waals surface area (Å²) >= 11 is 0. The first-order chi connectivity index (χ1) is 9.61. The third-order valence-corrected chi connectivity index (χ3v) is 3.38. The first kappa shape index (κ1) is 12.5. The highest BCUT2D eigenvalue weighted by atomic mass is 19.1. The minimum absolute atomic E-state index is 0.115. The van der Waals surface area contributed by atoms with E-state index in [-0.39, 0.29) is 12.1 Å². The van der Waals surface area contributed by atoms with Crippen LogP contribution in [0.3, 0.4) is 0 Å². The Kier molecular flexibility index (Phi) is 2.85. The quantitative estimate of drug-likeness (QED) is 0.801. The van der Waals surface area contributed by atoms with Crippen LogP contribution in [0.2, 0.25) is 0 Å². The Bertz CT molecular complexity index is 708. The minimum Gasteiger partial charge on any atom is -0.334 e. The largest absolute Gasteiger partial charge is 0.334 e. The number of anilines is 1. The van der Waals surface area contributed by atoms with Gasteiger partial charge in [-0.3, -0.25) is 14.5 Å². The first-order valence-electron chi connectivity index (χ1n) is 6.27. The number of amides is 1. The number of benzene rings is 1. The Hall–Kier alpha value is -2.50. The predicted molar refractivity (Wildman–Crippen MR) is 69.8 cm³/mol. The summed E-state index contributed by atoms with van der Waals surface area (Å²) in [6, 6.07) is 3.79. The molecule has 2 heterocycles.